The van der Waals surface area contributed by atoms with Crippen molar-refractivity contribution in [2.24, 2.45) is 5.92 Å². The molecule has 18 heavy (non-hydrogen) atoms. The van der Waals surface area contributed by atoms with Crippen LogP contribution in [-0.4, -0.2) is 12.7 Å². The summed E-state index contributed by atoms with van der Waals surface area (Å²) < 4.78 is 20.2. The lowest BCUT2D eigenvalue weighted by atomic mass is 9.91. The molecule has 5 heteroatoms. The van der Waals surface area contributed by atoms with Crippen LogP contribution in [0.15, 0.2) is 16.6 Å². The fourth-order valence-electron chi connectivity index (χ4n) is 2.40. The van der Waals surface area contributed by atoms with Crippen LogP contribution in [0.1, 0.15) is 30.2 Å². The molecule has 0 aliphatic carbocycles. The Kier molecular flexibility index (Phi) is 5.09. The average Bonchev–Trinajstić information content (AvgIpc) is 2.81. The molecule has 0 radical (unpaired) electrons. The van der Waals surface area contributed by atoms with E-state index < -0.39 is 0 Å². The van der Waals surface area contributed by atoms with Crippen LogP contribution in [0.25, 0.3) is 0 Å². The Balaban J connectivity index is 2.28. The summed E-state index contributed by atoms with van der Waals surface area (Å²) in [7, 11) is 0. The number of halogens is 4. The molecule has 1 heterocycles. The first kappa shape index (κ1) is 14.8. The van der Waals surface area contributed by atoms with E-state index >= 15 is 0 Å². The highest BCUT2D eigenvalue weighted by Crippen LogP contribution is 2.42. The van der Waals surface area contributed by atoms with Crippen LogP contribution in [0.2, 0.25) is 5.02 Å². The maximum Gasteiger partial charge on any atom is 0.128 e. The normalized spacial score (nSPS) is 25.4. The summed E-state index contributed by atoms with van der Waals surface area (Å²) in [5.74, 6) is 0.0524. The third-order valence-corrected chi connectivity index (χ3v) is 5.75. The number of hydrogen-bond acceptors (Lipinski definition) is 1. The van der Waals surface area contributed by atoms with Gasteiger partial charge in [0.1, 0.15) is 5.82 Å². The Morgan fingerprint density at radius 2 is 2.28 bits per heavy atom. The lowest BCUT2D eigenvalue weighted by Gasteiger charge is -2.23. The maximum atomic E-state index is 14.0. The van der Waals surface area contributed by atoms with Gasteiger partial charge in [0.2, 0.25) is 0 Å². The van der Waals surface area contributed by atoms with Gasteiger partial charge in [-0.2, -0.15) is 0 Å². The van der Waals surface area contributed by atoms with Gasteiger partial charge in [-0.25, -0.2) is 4.39 Å². The highest BCUT2D eigenvalue weighted by Gasteiger charge is 2.34. The SMILES string of the molecule is CCC1OCCC1C(Br)c1cc(Cl)c(Br)cc1F. The molecule has 0 amide bonds. The Labute approximate surface area is 128 Å². The van der Waals surface area contributed by atoms with Crippen molar-refractivity contribution in [1.82, 2.24) is 0 Å². The zero-order valence-electron chi connectivity index (χ0n) is 9.93. The molecule has 0 spiro atoms. The van der Waals surface area contributed by atoms with Gasteiger partial charge in [-0.1, -0.05) is 34.5 Å². The minimum Gasteiger partial charge on any atom is -0.378 e. The van der Waals surface area contributed by atoms with Crippen LogP contribution in [0, 0.1) is 11.7 Å². The van der Waals surface area contributed by atoms with Gasteiger partial charge >= 0.3 is 0 Å². The van der Waals surface area contributed by atoms with E-state index in [0.717, 1.165) is 19.4 Å². The molecule has 1 nitrogen and oxygen atoms in total. The van der Waals surface area contributed by atoms with Crippen molar-refractivity contribution >= 4 is 43.5 Å². The first-order chi connectivity index (χ1) is 8.54. The zero-order valence-corrected chi connectivity index (χ0v) is 13.9. The Bertz CT molecular complexity index is 441. The second-order valence-electron chi connectivity index (χ2n) is 4.46. The second-order valence-corrected chi connectivity index (χ2v) is 6.71. The quantitative estimate of drug-likeness (QED) is 0.481. The van der Waals surface area contributed by atoms with E-state index in [1.165, 1.54) is 6.07 Å². The van der Waals surface area contributed by atoms with Crippen molar-refractivity contribution in [3.63, 3.8) is 0 Å². The van der Waals surface area contributed by atoms with E-state index in [-0.39, 0.29) is 16.7 Å². The third-order valence-electron chi connectivity index (χ3n) is 3.38. The van der Waals surface area contributed by atoms with Crippen LogP contribution in [0.4, 0.5) is 4.39 Å². The molecule has 1 saturated heterocycles. The van der Waals surface area contributed by atoms with Gasteiger partial charge in [-0.05, 0) is 40.9 Å². The van der Waals surface area contributed by atoms with Crippen molar-refractivity contribution < 1.29 is 9.13 Å². The maximum absolute atomic E-state index is 14.0. The summed E-state index contributed by atoms with van der Waals surface area (Å²) in [4.78, 5) is -0.0597. The molecule has 3 unspecified atom stereocenters. The lowest BCUT2D eigenvalue weighted by molar-refractivity contribution is 0.0871. The van der Waals surface area contributed by atoms with Gasteiger partial charge in [0.15, 0.2) is 0 Å². The average molecular weight is 401 g/mol. The van der Waals surface area contributed by atoms with E-state index in [9.17, 15) is 4.39 Å². The lowest BCUT2D eigenvalue weighted by Crippen LogP contribution is -2.19. The van der Waals surface area contributed by atoms with Gasteiger partial charge in [0, 0.05) is 27.4 Å². The molecular weight excluding hydrogens is 386 g/mol. The number of hydrogen-bond donors (Lipinski definition) is 0. The van der Waals surface area contributed by atoms with E-state index in [4.69, 9.17) is 16.3 Å². The van der Waals surface area contributed by atoms with Crippen LogP contribution in [0.5, 0.6) is 0 Å². The molecule has 1 aliphatic heterocycles. The van der Waals surface area contributed by atoms with E-state index in [1.54, 1.807) is 6.07 Å². The van der Waals surface area contributed by atoms with Gasteiger partial charge < -0.3 is 4.74 Å². The standard InChI is InChI=1S/C13H14Br2ClFO/c1-2-12-7(3-4-18-12)13(15)8-5-10(16)9(14)6-11(8)17/h5-7,12-13H,2-4H2,1H3. The first-order valence-corrected chi connectivity index (χ1v) is 8.03. The number of rotatable bonds is 3. The third kappa shape index (κ3) is 2.92. The fraction of sp³-hybridized carbons (Fsp3) is 0.538. The molecule has 0 aromatic heterocycles. The first-order valence-electron chi connectivity index (χ1n) is 5.94. The highest BCUT2D eigenvalue weighted by atomic mass is 79.9. The number of benzene rings is 1. The fourth-order valence-corrected chi connectivity index (χ4v) is 3.84. The summed E-state index contributed by atoms with van der Waals surface area (Å²) in [6.45, 7) is 2.84. The minimum absolute atomic E-state index is 0.0597. The molecule has 0 saturated carbocycles. The molecule has 1 aromatic rings. The molecular formula is C13H14Br2ClFO. The molecule has 1 aromatic carbocycles. The van der Waals surface area contributed by atoms with Gasteiger partial charge in [0.05, 0.1) is 11.1 Å². The van der Waals surface area contributed by atoms with Crippen LogP contribution in [-0.2, 0) is 4.74 Å². The molecule has 3 atom stereocenters. The monoisotopic (exact) mass is 398 g/mol. The molecule has 100 valence electrons. The largest absolute Gasteiger partial charge is 0.378 e. The topological polar surface area (TPSA) is 9.23 Å². The van der Waals surface area contributed by atoms with E-state index in [0.29, 0.717) is 21.0 Å². The van der Waals surface area contributed by atoms with Gasteiger partial charge in [-0.3, -0.25) is 0 Å². The van der Waals surface area contributed by atoms with Crippen molar-refractivity contribution in [3.8, 4) is 0 Å². The Morgan fingerprint density at radius 3 is 2.94 bits per heavy atom. The minimum atomic E-state index is -0.241. The molecule has 1 fully saturated rings. The van der Waals surface area contributed by atoms with Gasteiger partial charge in [-0.15, -0.1) is 0 Å². The summed E-state index contributed by atoms with van der Waals surface area (Å²) in [5.41, 5.74) is 0.608. The Morgan fingerprint density at radius 1 is 1.56 bits per heavy atom. The number of ether oxygens (including phenoxy) is 1. The summed E-state index contributed by atoms with van der Waals surface area (Å²) in [6, 6.07) is 3.11. The van der Waals surface area contributed by atoms with Crippen molar-refractivity contribution in [2.45, 2.75) is 30.7 Å². The van der Waals surface area contributed by atoms with Crippen molar-refractivity contribution in [3.05, 3.63) is 33.0 Å². The van der Waals surface area contributed by atoms with E-state index in [2.05, 4.69) is 38.8 Å². The van der Waals surface area contributed by atoms with Crippen LogP contribution >= 0.6 is 43.5 Å². The second kappa shape index (κ2) is 6.21. The summed E-state index contributed by atoms with van der Waals surface area (Å²) >= 11 is 12.9. The molecule has 0 bridgehead atoms. The summed E-state index contributed by atoms with van der Waals surface area (Å²) in [5, 5.41) is 0.530. The highest BCUT2D eigenvalue weighted by molar-refractivity contribution is 9.10. The Hall–Kier alpha value is 0.360. The van der Waals surface area contributed by atoms with Crippen LogP contribution in [0.3, 0.4) is 0 Å². The molecule has 0 N–H and O–H groups in total. The molecule has 2 rings (SSSR count). The smallest absolute Gasteiger partial charge is 0.128 e. The zero-order chi connectivity index (χ0) is 13.3. The number of alkyl halides is 1. The van der Waals surface area contributed by atoms with Crippen molar-refractivity contribution in [2.75, 3.05) is 6.61 Å². The van der Waals surface area contributed by atoms with Crippen LogP contribution < -0.4 is 0 Å². The van der Waals surface area contributed by atoms with E-state index in [1.807, 2.05) is 0 Å². The van der Waals surface area contributed by atoms with Crippen molar-refractivity contribution in [1.29, 1.82) is 0 Å². The van der Waals surface area contributed by atoms with Gasteiger partial charge in [0.25, 0.3) is 0 Å². The molecule has 1 aliphatic rings. The predicted molar refractivity (Wildman–Crippen MR) is 78.9 cm³/mol. The summed E-state index contributed by atoms with van der Waals surface area (Å²) in [6.07, 6.45) is 2.08. The predicted octanol–water partition coefficient (Wildman–Crippen LogP) is 5.49.